The van der Waals surface area contributed by atoms with Crippen LogP contribution in [0.15, 0.2) is 0 Å². The SMILES string of the molecule is CCC[C@@H]1C[C@@H](C(=O)N[C@H]([C@H](C)Cl)[C@@]2(C)O[C@H](SC)[C@H](O)[C@@H](O)[C@H]2O)N(C)C1. The van der Waals surface area contributed by atoms with E-state index in [1.54, 1.807) is 20.1 Å². The molecule has 2 aliphatic rings. The molecule has 2 fully saturated rings. The van der Waals surface area contributed by atoms with Gasteiger partial charge in [0.25, 0.3) is 0 Å². The highest BCUT2D eigenvalue weighted by Gasteiger charge is 2.56. The van der Waals surface area contributed by atoms with Crippen molar-refractivity contribution in [3.63, 3.8) is 0 Å². The monoisotopic (exact) mass is 438 g/mol. The third-order valence-electron chi connectivity index (χ3n) is 6.15. The van der Waals surface area contributed by atoms with E-state index in [4.69, 9.17) is 16.3 Å². The van der Waals surface area contributed by atoms with Gasteiger partial charge in [0, 0.05) is 6.54 Å². The number of aliphatic hydroxyl groups is 3. The maximum atomic E-state index is 13.0. The van der Waals surface area contributed by atoms with E-state index in [2.05, 4.69) is 17.1 Å². The highest BCUT2D eigenvalue weighted by Crippen LogP contribution is 2.38. The van der Waals surface area contributed by atoms with E-state index in [1.165, 1.54) is 11.8 Å². The number of thioether (sulfide) groups is 1. The van der Waals surface area contributed by atoms with Gasteiger partial charge in [-0.25, -0.2) is 0 Å². The van der Waals surface area contributed by atoms with Crippen LogP contribution >= 0.6 is 23.4 Å². The molecule has 7 nitrogen and oxygen atoms in total. The quantitative estimate of drug-likeness (QED) is 0.435. The molecular formula is C19H35ClN2O5S. The summed E-state index contributed by atoms with van der Waals surface area (Å²) in [5, 5.41) is 33.6. The number of amides is 1. The Bertz CT molecular complexity index is 540. The van der Waals surface area contributed by atoms with Crippen molar-refractivity contribution >= 4 is 29.3 Å². The van der Waals surface area contributed by atoms with Gasteiger partial charge < -0.3 is 25.4 Å². The Morgan fingerprint density at radius 2 is 2.04 bits per heavy atom. The number of alkyl halides is 1. The molecule has 0 spiro atoms. The molecule has 2 aliphatic heterocycles. The third-order valence-corrected chi connectivity index (χ3v) is 7.24. The van der Waals surface area contributed by atoms with Crippen LogP contribution in [0, 0.1) is 5.92 Å². The maximum absolute atomic E-state index is 13.0. The Morgan fingerprint density at radius 1 is 1.39 bits per heavy atom. The van der Waals surface area contributed by atoms with Gasteiger partial charge >= 0.3 is 0 Å². The van der Waals surface area contributed by atoms with Crippen molar-refractivity contribution < 1.29 is 24.9 Å². The number of ether oxygens (including phenoxy) is 1. The van der Waals surface area contributed by atoms with Crippen LogP contribution in [0.25, 0.3) is 0 Å². The largest absolute Gasteiger partial charge is 0.387 e. The van der Waals surface area contributed by atoms with Crippen LogP contribution in [-0.2, 0) is 9.53 Å². The second kappa shape index (κ2) is 9.81. The lowest BCUT2D eigenvalue weighted by Gasteiger charge is -2.51. The van der Waals surface area contributed by atoms with Gasteiger partial charge in [0.2, 0.25) is 5.91 Å². The first-order chi connectivity index (χ1) is 13.1. The van der Waals surface area contributed by atoms with Gasteiger partial charge in [0.05, 0.1) is 17.5 Å². The number of halogens is 1. The number of likely N-dealkylation sites (N-methyl/N-ethyl adjacent to an activating group) is 1. The number of rotatable bonds is 7. The fourth-order valence-electron chi connectivity index (χ4n) is 4.51. The maximum Gasteiger partial charge on any atom is 0.237 e. The molecule has 1 amide bonds. The molecule has 0 aromatic heterocycles. The molecule has 9 atom stereocenters. The van der Waals surface area contributed by atoms with Gasteiger partial charge in [0.15, 0.2) is 0 Å². The Labute approximate surface area is 177 Å². The molecule has 9 heteroatoms. The number of nitrogens with zero attached hydrogens (tertiary/aromatic N) is 1. The predicted molar refractivity (Wildman–Crippen MR) is 111 cm³/mol. The van der Waals surface area contributed by atoms with Crippen LogP contribution in [0.4, 0.5) is 0 Å². The van der Waals surface area contributed by atoms with E-state index in [-0.39, 0.29) is 11.9 Å². The number of carbonyl (C=O) groups is 1. The molecule has 0 unspecified atom stereocenters. The van der Waals surface area contributed by atoms with Crippen molar-refractivity contribution in [2.45, 2.75) is 86.8 Å². The topological polar surface area (TPSA) is 102 Å². The summed E-state index contributed by atoms with van der Waals surface area (Å²) in [7, 11) is 1.94. The van der Waals surface area contributed by atoms with Crippen LogP contribution in [0.2, 0.25) is 0 Å². The molecule has 2 saturated heterocycles. The van der Waals surface area contributed by atoms with E-state index < -0.39 is 40.8 Å². The molecule has 0 aromatic carbocycles. The standard InChI is InChI=1S/C19H35ClN2O5S/c1-6-7-11-8-12(22(4)9-11)17(26)21-15(10(2)20)19(3)16(25)13(23)14(24)18(27-19)28-5/h10-16,18,23-25H,6-9H2,1-5H3,(H,21,26)/t10-,11+,12-,13+,14+,15+,16+,18+,19+/m0/s1. The molecule has 0 bridgehead atoms. The first-order valence-corrected chi connectivity index (χ1v) is 11.7. The minimum atomic E-state index is -1.40. The lowest BCUT2D eigenvalue weighted by atomic mass is 9.81. The summed E-state index contributed by atoms with van der Waals surface area (Å²) >= 11 is 7.64. The van der Waals surface area contributed by atoms with Crippen LogP contribution in [0.5, 0.6) is 0 Å². The zero-order valence-corrected chi connectivity index (χ0v) is 18.9. The first kappa shape index (κ1) is 24.2. The van der Waals surface area contributed by atoms with Crippen molar-refractivity contribution in [3.8, 4) is 0 Å². The molecule has 4 N–H and O–H groups in total. The Morgan fingerprint density at radius 3 is 2.57 bits per heavy atom. The Kier molecular flexibility index (Phi) is 8.47. The van der Waals surface area contributed by atoms with Gasteiger partial charge in [-0.3, -0.25) is 9.69 Å². The van der Waals surface area contributed by atoms with Crippen LogP contribution in [0.3, 0.4) is 0 Å². The van der Waals surface area contributed by atoms with Gasteiger partial charge in [-0.2, -0.15) is 0 Å². The molecule has 164 valence electrons. The number of hydrogen-bond acceptors (Lipinski definition) is 7. The van der Waals surface area contributed by atoms with Crippen LogP contribution < -0.4 is 5.32 Å². The van der Waals surface area contributed by atoms with Crippen molar-refractivity contribution in [2.75, 3.05) is 19.8 Å². The fourth-order valence-corrected chi connectivity index (χ4v) is 5.57. The van der Waals surface area contributed by atoms with Gasteiger partial charge in [-0.1, -0.05) is 13.3 Å². The van der Waals surface area contributed by atoms with E-state index in [0.29, 0.717) is 5.92 Å². The molecule has 0 aromatic rings. The van der Waals surface area contributed by atoms with Crippen molar-refractivity contribution in [1.29, 1.82) is 0 Å². The normalized spacial score (nSPS) is 41.6. The number of likely N-dealkylation sites (tertiary alicyclic amines) is 1. The molecule has 28 heavy (non-hydrogen) atoms. The summed E-state index contributed by atoms with van der Waals surface area (Å²) in [6, 6.07) is -1.00. The molecule has 0 aliphatic carbocycles. The summed E-state index contributed by atoms with van der Waals surface area (Å²) in [5.74, 6) is 0.333. The molecule has 2 heterocycles. The predicted octanol–water partition coefficient (Wildman–Crippen LogP) is 0.780. The van der Waals surface area contributed by atoms with Crippen molar-refractivity contribution in [2.24, 2.45) is 5.92 Å². The third kappa shape index (κ3) is 4.79. The van der Waals surface area contributed by atoms with Crippen molar-refractivity contribution in [3.05, 3.63) is 0 Å². The average molecular weight is 439 g/mol. The van der Waals surface area contributed by atoms with Gasteiger partial charge in [-0.05, 0) is 45.9 Å². The first-order valence-electron chi connectivity index (χ1n) is 9.96. The summed E-state index contributed by atoms with van der Waals surface area (Å²) in [4.78, 5) is 15.1. The number of aliphatic hydroxyl groups excluding tert-OH is 3. The fraction of sp³-hybridized carbons (Fsp3) is 0.947. The minimum absolute atomic E-state index is 0.156. The zero-order chi connectivity index (χ0) is 21.2. The van der Waals surface area contributed by atoms with Crippen molar-refractivity contribution in [1.82, 2.24) is 10.2 Å². The van der Waals surface area contributed by atoms with E-state index >= 15 is 0 Å². The van der Waals surface area contributed by atoms with Crippen LogP contribution in [-0.4, -0.2) is 92.8 Å². The number of carbonyl (C=O) groups excluding carboxylic acids is 1. The summed E-state index contributed by atoms with van der Waals surface area (Å²) < 4.78 is 5.98. The summed E-state index contributed by atoms with van der Waals surface area (Å²) in [5.41, 5.74) is -2.08. The summed E-state index contributed by atoms with van der Waals surface area (Å²) in [6.45, 7) is 6.36. The second-order valence-corrected chi connectivity index (χ2v) is 9.97. The lowest BCUT2D eigenvalue weighted by molar-refractivity contribution is -0.249. The average Bonchev–Trinajstić information content (AvgIpc) is 3.01. The number of nitrogens with one attached hydrogen (secondary N) is 1. The molecule has 2 rings (SSSR count). The molecular weight excluding hydrogens is 404 g/mol. The smallest absolute Gasteiger partial charge is 0.237 e. The highest BCUT2D eigenvalue weighted by atomic mass is 35.5. The van der Waals surface area contributed by atoms with E-state index in [0.717, 1.165) is 25.8 Å². The zero-order valence-electron chi connectivity index (χ0n) is 17.3. The Hall–Kier alpha value is -0.0900. The van der Waals surface area contributed by atoms with Gasteiger partial charge in [-0.15, -0.1) is 23.4 Å². The van der Waals surface area contributed by atoms with E-state index in [1.807, 2.05) is 7.05 Å². The second-order valence-electron chi connectivity index (χ2n) is 8.34. The van der Waals surface area contributed by atoms with E-state index in [9.17, 15) is 20.1 Å². The number of hydrogen-bond donors (Lipinski definition) is 4. The molecule has 0 saturated carbocycles. The lowest BCUT2D eigenvalue weighted by Crippen LogP contribution is -2.71. The van der Waals surface area contributed by atoms with Gasteiger partial charge in [0.1, 0.15) is 29.3 Å². The Balaban J connectivity index is 2.19. The molecule has 0 radical (unpaired) electrons. The highest BCUT2D eigenvalue weighted by molar-refractivity contribution is 7.99. The van der Waals surface area contributed by atoms with Crippen LogP contribution in [0.1, 0.15) is 40.0 Å². The summed E-state index contributed by atoms with van der Waals surface area (Å²) in [6.07, 6.45) is 0.689. The minimum Gasteiger partial charge on any atom is -0.387 e.